The van der Waals surface area contributed by atoms with Crippen molar-refractivity contribution in [1.82, 2.24) is 0 Å². The molecule has 1 atom stereocenters. The van der Waals surface area contributed by atoms with Crippen LogP contribution in [-0.4, -0.2) is 11.1 Å². The molecule has 4 heteroatoms. The van der Waals surface area contributed by atoms with Gasteiger partial charge in [0.15, 0.2) is 0 Å². The van der Waals surface area contributed by atoms with Gasteiger partial charge in [0.05, 0.1) is 17.6 Å². The minimum atomic E-state index is -0.851. The molecule has 1 aromatic carbocycles. The van der Waals surface area contributed by atoms with Crippen molar-refractivity contribution in [2.75, 3.05) is 0 Å². The van der Waals surface area contributed by atoms with E-state index in [9.17, 15) is 4.79 Å². The van der Waals surface area contributed by atoms with Gasteiger partial charge < -0.3 is 5.11 Å². The van der Waals surface area contributed by atoms with E-state index in [0.29, 0.717) is 17.0 Å². The van der Waals surface area contributed by atoms with Gasteiger partial charge in [0.2, 0.25) is 0 Å². The predicted octanol–water partition coefficient (Wildman–Crippen LogP) is 2.47. The summed E-state index contributed by atoms with van der Waals surface area (Å²) < 4.78 is 0. The smallest absolute Gasteiger partial charge is 0.306 e. The number of hydrogen-bond acceptors (Lipinski definition) is 2. The number of nitrogens with zero attached hydrogens (tertiary/aromatic N) is 1. The molecule has 1 N–H and O–H groups in total. The number of carboxylic acid groups (broad SMARTS) is 1. The SMILES string of the molecule is CC(Cc1ccc(C#N)cc1Cl)C(=O)O. The molecule has 0 fully saturated rings. The summed E-state index contributed by atoms with van der Waals surface area (Å²) in [4.78, 5) is 10.6. The van der Waals surface area contributed by atoms with Crippen molar-refractivity contribution < 1.29 is 9.90 Å². The van der Waals surface area contributed by atoms with E-state index in [1.807, 2.05) is 6.07 Å². The van der Waals surface area contributed by atoms with Crippen LogP contribution in [0.15, 0.2) is 18.2 Å². The van der Waals surface area contributed by atoms with Gasteiger partial charge in [-0.25, -0.2) is 0 Å². The molecule has 0 aromatic heterocycles. The lowest BCUT2D eigenvalue weighted by Gasteiger charge is -2.07. The molecule has 0 spiro atoms. The van der Waals surface area contributed by atoms with Gasteiger partial charge in [0, 0.05) is 5.02 Å². The highest BCUT2D eigenvalue weighted by Crippen LogP contribution is 2.20. The molecule has 3 nitrogen and oxygen atoms in total. The number of halogens is 1. The zero-order chi connectivity index (χ0) is 11.4. The van der Waals surface area contributed by atoms with Gasteiger partial charge in [-0.2, -0.15) is 5.26 Å². The highest BCUT2D eigenvalue weighted by Gasteiger charge is 2.13. The number of nitriles is 1. The third-order valence-corrected chi connectivity index (χ3v) is 2.48. The molecular weight excluding hydrogens is 214 g/mol. The van der Waals surface area contributed by atoms with E-state index < -0.39 is 11.9 Å². The van der Waals surface area contributed by atoms with Crippen molar-refractivity contribution in [1.29, 1.82) is 5.26 Å². The Balaban J connectivity index is 2.88. The molecule has 0 aliphatic rings. The molecule has 1 aromatic rings. The monoisotopic (exact) mass is 223 g/mol. The highest BCUT2D eigenvalue weighted by atomic mass is 35.5. The number of aliphatic carboxylic acids is 1. The average molecular weight is 224 g/mol. The van der Waals surface area contributed by atoms with Gasteiger partial charge in [-0.15, -0.1) is 0 Å². The number of carbonyl (C=O) groups is 1. The largest absolute Gasteiger partial charge is 0.481 e. The summed E-state index contributed by atoms with van der Waals surface area (Å²) in [6.45, 7) is 1.62. The standard InChI is InChI=1S/C11H10ClNO2/c1-7(11(14)15)4-9-3-2-8(6-13)5-10(9)12/h2-3,5,7H,4H2,1H3,(H,14,15). The Morgan fingerprint density at radius 3 is 2.80 bits per heavy atom. The number of carboxylic acids is 1. The Bertz CT molecular complexity index is 423. The fourth-order valence-corrected chi connectivity index (χ4v) is 1.46. The molecule has 15 heavy (non-hydrogen) atoms. The summed E-state index contributed by atoms with van der Waals surface area (Å²) in [6, 6.07) is 6.85. The topological polar surface area (TPSA) is 61.1 Å². The number of benzene rings is 1. The van der Waals surface area contributed by atoms with Crippen LogP contribution in [0.3, 0.4) is 0 Å². The zero-order valence-corrected chi connectivity index (χ0v) is 8.95. The van der Waals surface area contributed by atoms with Crippen LogP contribution in [0.1, 0.15) is 18.1 Å². The quantitative estimate of drug-likeness (QED) is 0.856. The maximum absolute atomic E-state index is 10.6. The van der Waals surface area contributed by atoms with Crippen LogP contribution in [0.25, 0.3) is 0 Å². The Kier molecular flexibility index (Phi) is 3.70. The Morgan fingerprint density at radius 1 is 1.67 bits per heavy atom. The van der Waals surface area contributed by atoms with Crippen molar-refractivity contribution >= 4 is 17.6 Å². The Labute approximate surface area is 92.9 Å². The van der Waals surface area contributed by atoms with Crippen molar-refractivity contribution in [2.45, 2.75) is 13.3 Å². The normalized spacial score (nSPS) is 11.8. The number of rotatable bonds is 3. The van der Waals surface area contributed by atoms with Crippen LogP contribution >= 0.6 is 11.6 Å². The van der Waals surface area contributed by atoms with Crippen molar-refractivity contribution in [3.05, 3.63) is 34.3 Å². The minimum absolute atomic E-state index is 0.375. The first-order valence-corrected chi connectivity index (χ1v) is 4.83. The van der Waals surface area contributed by atoms with Crippen LogP contribution in [0.2, 0.25) is 5.02 Å². The lowest BCUT2D eigenvalue weighted by Crippen LogP contribution is -2.12. The maximum atomic E-state index is 10.6. The summed E-state index contributed by atoms with van der Waals surface area (Å²) in [5.41, 5.74) is 1.23. The van der Waals surface area contributed by atoms with Crippen molar-refractivity contribution in [3.63, 3.8) is 0 Å². The van der Waals surface area contributed by atoms with Gasteiger partial charge in [-0.05, 0) is 24.1 Å². The van der Waals surface area contributed by atoms with E-state index in [2.05, 4.69) is 0 Å². The van der Waals surface area contributed by atoms with E-state index in [1.54, 1.807) is 25.1 Å². The van der Waals surface area contributed by atoms with E-state index >= 15 is 0 Å². The molecule has 0 amide bonds. The summed E-state index contributed by atoms with van der Waals surface area (Å²) in [7, 11) is 0. The lowest BCUT2D eigenvalue weighted by molar-refractivity contribution is -0.141. The van der Waals surface area contributed by atoms with E-state index in [-0.39, 0.29) is 0 Å². The summed E-state index contributed by atoms with van der Waals surface area (Å²) in [5, 5.41) is 17.8. The molecular formula is C11H10ClNO2. The molecule has 0 saturated carbocycles. The van der Waals surface area contributed by atoms with Crippen LogP contribution in [0.5, 0.6) is 0 Å². The fraction of sp³-hybridized carbons (Fsp3) is 0.273. The van der Waals surface area contributed by atoms with E-state index in [4.69, 9.17) is 22.0 Å². The van der Waals surface area contributed by atoms with Crippen LogP contribution < -0.4 is 0 Å². The highest BCUT2D eigenvalue weighted by molar-refractivity contribution is 6.31. The Morgan fingerprint density at radius 2 is 2.33 bits per heavy atom. The fourth-order valence-electron chi connectivity index (χ4n) is 1.20. The summed E-state index contributed by atoms with van der Waals surface area (Å²) in [5.74, 6) is -1.33. The maximum Gasteiger partial charge on any atom is 0.306 e. The third-order valence-electron chi connectivity index (χ3n) is 2.13. The zero-order valence-electron chi connectivity index (χ0n) is 8.20. The molecule has 0 radical (unpaired) electrons. The second kappa shape index (κ2) is 4.81. The van der Waals surface area contributed by atoms with Crippen LogP contribution in [-0.2, 0) is 11.2 Å². The van der Waals surface area contributed by atoms with Crippen LogP contribution in [0, 0.1) is 17.2 Å². The molecule has 0 saturated heterocycles. The van der Waals surface area contributed by atoms with E-state index in [1.165, 1.54) is 0 Å². The third kappa shape index (κ3) is 2.97. The number of hydrogen-bond donors (Lipinski definition) is 1. The van der Waals surface area contributed by atoms with Crippen molar-refractivity contribution in [3.8, 4) is 6.07 Å². The molecule has 1 rings (SSSR count). The first-order chi connectivity index (χ1) is 7.04. The first-order valence-electron chi connectivity index (χ1n) is 4.46. The van der Waals surface area contributed by atoms with Gasteiger partial charge in [0.25, 0.3) is 0 Å². The molecule has 0 heterocycles. The van der Waals surface area contributed by atoms with Crippen LogP contribution in [0.4, 0.5) is 0 Å². The van der Waals surface area contributed by atoms with Gasteiger partial charge in [0.1, 0.15) is 0 Å². The minimum Gasteiger partial charge on any atom is -0.481 e. The molecule has 0 aliphatic carbocycles. The van der Waals surface area contributed by atoms with Crippen molar-refractivity contribution in [2.24, 2.45) is 5.92 Å². The second-order valence-electron chi connectivity index (χ2n) is 3.36. The first kappa shape index (κ1) is 11.5. The van der Waals surface area contributed by atoms with E-state index in [0.717, 1.165) is 5.56 Å². The van der Waals surface area contributed by atoms with Gasteiger partial charge in [-0.1, -0.05) is 24.6 Å². The molecule has 0 bridgehead atoms. The van der Waals surface area contributed by atoms with Gasteiger partial charge in [-0.3, -0.25) is 4.79 Å². The Hall–Kier alpha value is -1.53. The molecule has 0 aliphatic heterocycles. The summed E-state index contributed by atoms with van der Waals surface area (Å²) in [6.07, 6.45) is 0.375. The van der Waals surface area contributed by atoms with Gasteiger partial charge >= 0.3 is 5.97 Å². The lowest BCUT2D eigenvalue weighted by atomic mass is 10.0. The second-order valence-corrected chi connectivity index (χ2v) is 3.77. The molecule has 1 unspecified atom stereocenters. The predicted molar refractivity (Wildman–Crippen MR) is 56.7 cm³/mol. The molecule has 78 valence electrons. The average Bonchev–Trinajstić information content (AvgIpc) is 2.20. The summed E-state index contributed by atoms with van der Waals surface area (Å²) >= 11 is 5.91.